The Kier molecular flexibility index (Phi) is 4.48. The maximum absolute atomic E-state index is 13.1. The van der Waals surface area contributed by atoms with Crippen LogP contribution in [0.3, 0.4) is 0 Å². The second-order valence-electron chi connectivity index (χ2n) is 7.26. The van der Waals surface area contributed by atoms with Crippen LogP contribution in [-0.4, -0.2) is 17.6 Å². The lowest BCUT2D eigenvalue weighted by atomic mass is 9.75. The number of hydrogen-bond acceptors (Lipinski definition) is 7. The van der Waals surface area contributed by atoms with E-state index in [0.29, 0.717) is 47.1 Å². The van der Waals surface area contributed by atoms with Crippen LogP contribution in [0.2, 0.25) is 0 Å². The van der Waals surface area contributed by atoms with Crippen LogP contribution in [0.5, 0.6) is 11.5 Å². The lowest BCUT2D eigenvalue weighted by molar-refractivity contribution is -0.116. The summed E-state index contributed by atoms with van der Waals surface area (Å²) in [5.41, 5.74) is 9.05. The van der Waals surface area contributed by atoms with Crippen molar-refractivity contribution in [1.82, 2.24) is 4.98 Å². The lowest BCUT2D eigenvalue weighted by Crippen LogP contribution is -2.39. The van der Waals surface area contributed by atoms with Crippen molar-refractivity contribution in [2.45, 2.75) is 25.2 Å². The fourth-order valence-electron chi connectivity index (χ4n) is 4.27. The van der Waals surface area contributed by atoms with Crippen molar-refractivity contribution < 1.29 is 14.3 Å². The van der Waals surface area contributed by atoms with E-state index in [9.17, 15) is 10.1 Å². The highest BCUT2D eigenvalue weighted by molar-refractivity contribution is 9.10. The average molecular weight is 465 g/mol. The van der Waals surface area contributed by atoms with E-state index in [0.717, 1.165) is 22.2 Å². The Morgan fingerprint density at radius 3 is 2.80 bits per heavy atom. The van der Waals surface area contributed by atoms with E-state index in [1.807, 2.05) is 24.3 Å². The van der Waals surface area contributed by atoms with Gasteiger partial charge in [0.25, 0.3) is 0 Å². The second kappa shape index (κ2) is 7.18. The molecular weight excluding hydrogens is 448 g/mol. The summed E-state index contributed by atoms with van der Waals surface area (Å²) in [5, 5.41) is 10.0. The number of allylic oxidation sites excluding steroid dienone is 3. The quantitative estimate of drug-likeness (QED) is 0.719. The summed E-state index contributed by atoms with van der Waals surface area (Å²) in [4.78, 5) is 19.3. The number of pyridine rings is 1. The van der Waals surface area contributed by atoms with Gasteiger partial charge in [0.2, 0.25) is 6.79 Å². The highest BCUT2D eigenvalue weighted by atomic mass is 79.9. The number of benzene rings is 1. The Labute approximate surface area is 181 Å². The van der Waals surface area contributed by atoms with Crippen LogP contribution in [-0.2, 0) is 4.79 Å². The molecule has 1 aromatic heterocycles. The van der Waals surface area contributed by atoms with Gasteiger partial charge in [0, 0.05) is 28.4 Å². The maximum Gasteiger partial charge on any atom is 0.231 e. The van der Waals surface area contributed by atoms with E-state index in [4.69, 9.17) is 15.2 Å². The zero-order chi connectivity index (χ0) is 20.8. The molecule has 5 rings (SSSR count). The van der Waals surface area contributed by atoms with Gasteiger partial charge in [-0.3, -0.25) is 9.69 Å². The normalized spacial score (nSPS) is 20.3. The number of carbonyl (C=O) groups excluding carboxylic acids is 1. The first-order valence-electron chi connectivity index (χ1n) is 9.55. The zero-order valence-corrected chi connectivity index (χ0v) is 17.5. The molecule has 0 saturated carbocycles. The van der Waals surface area contributed by atoms with Gasteiger partial charge in [-0.05, 0) is 58.6 Å². The van der Waals surface area contributed by atoms with E-state index in [1.54, 1.807) is 17.2 Å². The van der Waals surface area contributed by atoms with Crippen molar-refractivity contribution in [2.75, 3.05) is 11.7 Å². The number of hydrogen-bond donors (Lipinski definition) is 1. The molecule has 2 N–H and O–H groups in total. The van der Waals surface area contributed by atoms with Gasteiger partial charge in [-0.25, -0.2) is 4.98 Å². The summed E-state index contributed by atoms with van der Waals surface area (Å²) in [5.74, 6) is 1.61. The van der Waals surface area contributed by atoms with E-state index in [-0.39, 0.29) is 12.6 Å². The molecule has 1 atom stereocenters. The van der Waals surface area contributed by atoms with Crippen molar-refractivity contribution in [3.05, 3.63) is 69.2 Å². The SMILES string of the molecule is N#CC1=C(N)N(c2ccc(Br)cn2)C2=C(C(=O)CCC2)[C@@H]1c1ccc2c(c1)OCO2. The van der Waals surface area contributed by atoms with Gasteiger partial charge in [-0.2, -0.15) is 5.26 Å². The first kappa shape index (κ1) is 18.7. The molecule has 1 aliphatic carbocycles. The molecular formula is C22H17BrN4O3. The molecule has 0 bridgehead atoms. The Morgan fingerprint density at radius 1 is 1.20 bits per heavy atom. The van der Waals surface area contributed by atoms with Crippen LogP contribution < -0.4 is 20.1 Å². The number of nitriles is 1. The first-order valence-corrected chi connectivity index (χ1v) is 10.3. The predicted octanol–water partition coefficient (Wildman–Crippen LogP) is 3.88. The minimum atomic E-state index is -0.543. The van der Waals surface area contributed by atoms with Gasteiger partial charge < -0.3 is 15.2 Å². The lowest BCUT2D eigenvalue weighted by Gasteiger charge is -2.39. The number of nitrogens with two attached hydrogens (primary N) is 1. The third kappa shape index (κ3) is 2.85. The molecule has 3 aliphatic rings. The highest BCUT2D eigenvalue weighted by Crippen LogP contribution is 2.47. The van der Waals surface area contributed by atoms with Crippen LogP contribution in [0.25, 0.3) is 0 Å². The van der Waals surface area contributed by atoms with E-state index >= 15 is 0 Å². The zero-order valence-electron chi connectivity index (χ0n) is 15.9. The topological polar surface area (TPSA) is 101 Å². The number of ketones is 1. The molecule has 0 unspecified atom stereocenters. The predicted molar refractivity (Wildman–Crippen MR) is 112 cm³/mol. The Hall–Kier alpha value is -3.31. The summed E-state index contributed by atoms with van der Waals surface area (Å²) in [7, 11) is 0. The second-order valence-corrected chi connectivity index (χ2v) is 8.18. The smallest absolute Gasteiger partial charge is 0.231 e. The number of nitrogens with zero attached hydrogens (tertiary/aromatic N) is 3. The monoisotopic (exact) mass is 464 g/mol. The van der Waals surface area contributed by atoms with Gasteiger partial charge in [0.15, 0.2) is 17.3 Å². The summed E-state index contributed by atoms with van der Waals surface area (Å²) < 4.78 is 11.7. The van der Waals surface area contributed by atoms with Gasteiger partial charge in [-0.15, -0.1) is 0 Å². The number of Topliss-reactive ketones (excluding diaryl/α,β-unsaturated/α-hetero) is 1. The minimum Gasteiger partial charge on any atom is -0.454 e. The summed E-state index contributed by atoms with van der Waals surface area (Å²) in [6.07, 6.45) is 3.52. The van der Waals surface area contributed by atoms with Crippen LogP contribution in [0.1, 0.15) is 30.7 Å². The summed E-state index contributed by atoms with van der Waals surface area (Å²) in [6.45, 7) is 0.155. The van der Waals surface area contributed by atoms with Crippen LogP contribution in [0.4, 0.5) is 5.82 Å². The summed E-state index contributed by atoms with van der Waals surface area (Å²) >= 11 is 3.39. The highest BCUT2D eigenvalue weighted by Gasteiger charge is 2.41. The van der Waals surface area contributed by atoms with Crippen molar-refractivity contribution in [2.24, 2.45) is 5.73 Å². The Bertz CT molecular complexity index is 1160. The molecule has 3 heterocycles. The molecule has 2 aliphatic heterocycles. The molecule has 0 fully saturated rings. The van der Waals surface area contributed by atoms with E-state index in [1.165, 1.54) is 0 Å². The van der Waals surface area contributed by atoms with Crippen molar-refractivity contribution in [3.8, 4) is 17.6 Å². The van der Waals surface area contributed by atoms with Crippen molar-refractivity contribution in [3.63, 3.8) is 0 Å². The first-order chi connectivity index (χ1) is 14.6. The van der Waals surface area contributed by atoms with Gasteiger partial charge in [-0.1, -0.05) is 6.07 Å². The van der Waals surface area contributed by atoms with Gasteiger partial charge >= 0.3 is 0 Å². The largest absolute Gasteiger partial charge is 0.454 e. The molecule has 7 nitrogen and oxygen atoms in total. The van der Waals surface area contributed by atoms with E-state index < -0.39 is 5.92 Å². The third-order valence-electron chi connectivity index (χ3n) is 5.58. The number of ether oxygens (including phenoxy) is 2. The molecule has 0 spiro atoms. The molecule has 30 heavy (non-hydrogen) atoms. The fraction of sp³-hybridized carbons (Fsp3) is 0.227. The van der Waals surface area contributed by atoms with E-state index in [2.05, 4.69) is 27.0 Å². The molecule has 8 heteroatoms. The van der Waals surface area contributed by atoms with Gasteiger partial charge in [0.1, 0.15) is 11.6 Å². The van der Waals surface area contributed by atoms with Crippen molar-refractivity contribution >= 4 is 27.5 Å². The Morgan fingerprint density at radius 2 is 2.03 bits per heavy atom. The molecule has 0 saturated heterocycles. The average Bonchev–Trinajstić information content (AvgIpc) is 3.22. The maximum atomic E-state index is 13.1. The van der Waals surface area contributed by atoms with Gasteiger partial charge in [0.05, 0.1) is 17.6 Å². The van der Waals surface area contributed by atoms with Crippen LogP contribution in [0.15, 0.2) is 63.7 Å². The molecule has 0 radical (unpaired) electrons. The Balaban J connectivity index is 1.72. The number of fused-ring (bicyclic) bond motifs is 1. The standard InChI is InChI=1S/C22H17BrN4O3/c23-13-5-7-19(26-10-13)27-15-2-1-3-16(28)21(15)20(14(9-24)22(27)25)12-4-6-17-18(8-12)30-11-29-17/h4-8,10,20H,1-3,11,25H2/t20-/m1/s1. The molecule has 150 valence electrons. The number of carbonyl (C=O) groups is 1. The molecule has 1 aromatic carbocycles. The number of halogens is 1. The summed E-state index contributed by atoms with van der Waals surface area (Å²) in [6, 6.07) is 11.4. The van der Waals surface area contributed by atoms with Crippen molar-refractivity contribution in [1.29, 1.82) is 5.26 Å². The number of rotatable bonds is 2. The van der Waals surface area contributed by atoms with Crippen LogP contribution >= 0.6 is 15.9 Å². The minimum absolute atomic E-state index is 0.0290. The molecule has 2 aromatic rings. The number of aromatic nitrogens is 1. The van der Waals surface area contributed by atoms with Crippen LogP contribution in [0, 0.1) is 11.3 Å². The number of anilines is 1. The fourth-order valence-corrected chi connectivity index (χ4v) is 4.51. The molecule has 0 amide bonds. The third-order valence-corrected chi connectivity index (χ3v) is 6.05.